The molecule has 0 spiro atoms. The molecule has 1 unspecified atom stereocenters. The average molecular weight is 262 g/mol. The summed E-state index contributed by atoms with van der Waals surface area (Å²) in [5.41, 5.74) is 0.963. The molecule has 0 saturated carbocycles. The standard InChI is InChI=1S/C12H17Cl2NO/c1-8(2)12(7-16-3)15-9-4-5-10(13)11(14)6-9/h4-6,8,12,15H,7H2,1-3H3. The van der Waals surface area contributed by atoms with Crippen LogP contribution < -0.4 is 5.32 Å². The Bertz CT molecular complexity index is 342. The second-order valence-corrected chi connectivity index (χ2v) is 4.89. The minimum absolute atomic E-state index is 0.266. The van der Waals surface area contributed by atoms with Gasteiger partial charge in [0.2, 0.25) is 0 Å². The topological polar surface area (TPSA) is 21.3 Å². The van der Waals surface area contributed by atoms with E-state index in [1.165, 1.54) is 0 Å². The van der Waals surface area contributed by atoms with Gasteiger partial charge in [-0.15, -0.1) is 0 Å². The van der Waals surface area contributed by atoms with Gasteiger partial charge in [-0.25, -0.2) is 0 Å². The Balaban J connectivity index is 2.73. The summed E-state index contributed by atoms with van der Waals surface area (Å²) in [6, 6.07) is 5.80. The van der Waals surface area contributed by atoms with E-state index in [-0.39, 0.29) is 6.04 Å². The Morgan fingerprint density at radius 2 is 1.94 bits per heavy atom. The van der Waals surface area contributed by atoms with Crippen LogP contribution in [0.15, 0.2) is 18.2 Å². The molecule has 0 amide bonds. The van der Waals surface area contributed by atoms with E-state index in [4.69, 9.17) is 27.9 Å². The van der Waals surface area contributed by atoms with Crippen molar-refractivity contribution in [2.45, 2.75) is 19.9 Å². The van der Waals surface area contributed by atoms with Gasteiger partial charge >= 0.3 is 0 Å². The lowest BCUT2D eigenvalue weighted by molar-refractivity contribution is 0.171. The molecule has 0 aliphatic rings. The average Bonchev–Trinajstić information content (AvgIpc) is 2.22. The first kappa shape index (κ1) is 13.6. The van der Waals surface area contributed by atoms with Crippen LogP contribution in [0.25, 0.3) is 0 Å². The summed E-state index contributed by atoms with van der Waals surface area (Å²) in [5, 5.41) is 4.51. The van der Waals surface area contributed by atoms with Crippen molar-refractivity contribution in [3.8, 4) is 0 Å². The van der Waals surface area contributed by atoms with Crippen LogP contribution in [-0.2, 0) is 4.74 Å². The summed E-state index contributed by atoms with van der Waals surface area (Å²) < 4.78 is 5.17. The number of benzene rings is 1. The molecule has 1 aromatic carbocycles. The normalized spacial score (nSPS) is 12.9. The molecule has 0 aromatic heterocycles. The summed E-state index contributed by atoms with van der Waals surface area (Å²) in [6.45, 7) is 4.96. The van der Waals surface area contributed by atoms with Gasteiger partial charge in [0.15, 0.2) is 0 Å². The zero-order valence-corrected chi connectivity index (χ0v) is 11.3. The van der Waals surface area contributed by atoms with E-state index >= 15 is 0 Å². The second-order valence-electron chi connectivity index (χ2n) is 4.08. The molecule has 16 heavy (non-hydrogen) atoms. The number of hydrogen-bond acceptors (Lipinski definition) is 2. The van der Waals surface area contributed by atoms with Crippen molar-refractivity contribution in [3.05, 3.63) is 28.2 Å². The van der Waals surface area contributed by atoms with Crippen LogP contribution in [0.1, 0.15) is 13.8 Å². The Morgan fingerprint density at radius 3 is 2.44 bits per heavy atom. The fourth-order valence-corrected chi connectivity index (χ4v) is 1.68. The second kappa shape index (κ2) is 6.33. The Hall–Kier alpha value is -0.440. The summed E-state index contributed by atoms with van der Waals surface area (Å²) in [5.74, 6) is 0.481. The fraction of sp³-hybridized carbons (Fsp3) is 0.500. The summed E-state index contributed by atoms with van der Waals surface area (Å²) in [7, 11) is 1.70. The quantitative estimate of drug-likeness (QED) is 0.863. The van der Waals surface area contributed by atoms with Gasteiger partial charge in [0, 0.05) is 12.8 Å². The van der Waals surface area contributed by atoms with Crippen LogP contribution in [0.4, 0.5) is 5.69 Å². The molecule has 1 atom stereocenters. The van der Waals surface area contributed by atoms with Crippen molar-refractivity contribution in [2.24, 2.45) is 5.92 Å². The van der Waals surface area contributed by atoms with Crippen LogP contribution >= 0.6 is 23.2 Å². The first-order chi connectivity index (χ1) is 7.54. The van der Waals surface area contributed by atoms with Crippen molar-refractivity contribution < 1.29 is 4.74 Å². The largest absolute Gasteiger partial charge is 0.383 e. The molecule has 0 saturated heterocycles. The van der Waals surface area contributed by atoms with Crippen molar-refractivity contribution in [1.82, 2.24) is 0 Å². The first-order valence-electron chi connectivity index (χ1n) is 5.25. The minimum atomic E-state index is 0.266. The number of rotatable bonds is 5. The van der Waals surface area contributed by atoms with Crippen LogP contribution in [-0.4, -0.2) is 19.8 Å². The third-order valence-corrected chi connectivity index (χ3v) is 3.16. The zero-order valence-electron chi connectivity index (χ0n) is 9.76. The van der Waals surface area contributed by atoms with E-state index in [0.717, 1.165) is 5.69 Å². The molecule has 0 fully saturated rings. The predicted octanol–water partition coefficient (Wildman–Crippen LogP) is 4.08. The molecule has 0 radical (unpaired) electrons. The highest BCUT2D eigenvalue weighted by molar-refractivity contribution is 6.42. The molecule has 0 bridgehead atoms. The van der Waals surface area contributed by atoms with Crippen LogP contribution in [0.3, 0.4) is 0 Å². The molecule has 1 rings (SSSR count). The van der Waals surface area contributed by atoms with Gasteiger partial charge < -0.3 is 10.1 Å². The van der Waals surface area contributed by atoms with Crippen molar-refractivity contribution >= 4 is 28.9 Å². The highest BCUT2D eigenvalue weighted by Crippen LogP contribution is 2.25. The predicted molar refractivity (Wildman–Crippen MR) is 70.6 cm³/mol. The molecular weight excluding hydrogens is 245 g/mol. The Labute approximate surface area is 107 Å². The van der Waals surface area contributed by atoms with Gasteiger partial charge in [-0.05, 0) is 24.1 Å². The van der Waals surface area contributed by atoms with E-state index in [1.54, 1.807) is 13.2 Å². The number of halogens is 2. The number of nitrogens with one attached hydrogen (secondary N) is 1. The monoisotopic (exact) mass is 261 g/mol. The Kier molecular flexibility index (Phi) is 5.39. The molecule has 0 aliphatic carbocycles. The lowest BCUT2D eigenvalue weighted by Gasteiger charge is -2.22. The van der Waals surface area contributed by atoms with Crippen molar-refractivity contribution in [3.63, 3.8) is 0 Å². The molecule has 1 aromatic rings. The number of methoxy groups -OCH3 is 1. The van der Waals surface area contributed by atoms with Crippen LogP contribution in [0.5, 0.6) is 0 Å². The summed E-state index contributed by atoms with van der Waals surface area (Å²) in [6.07, 6.45) is 0. The number of hydrogen-bond donors (Lipinski definition) is 1. The molecule has 2 nitrogen and oxygen atoms in total. The summed E-state index contributed by atoms with van der Waals surface area (Å²) in [4.78, 5) is 0. The van der Waals surface area contributed by atoms with Crippen molar-refractivity contribution in [2.75, 3.05) is 19.0 Å². The summed E-state index contributed by atoms with van der Waals surface area (Å²) >= 11 is 11.8. The molecule has 0 heterocycles. The van der Waals surface area contributed by atoms with E-state index in [2.05, 4.69) is 19.2 Å². The third-order valence-electron chi connectivity index (χ3n) is 2.42. The maximum Gasteiger partial charge on any atom is 0.0666 e. The van der Waals surface area contributed by atoms with Gasteiger partial charge in [0.25, 0.3) is 0 Å². The smallest absolute Gasteiger partial charge is 0.0666 e. The lowest BCUT2D eigenvalue weighted by Crippen LogP contribution is -2.30. The SMILES string of the molecule is COCC(Nc1ccc(Cl)c(Cl)c1)C(C)C. The fourth-order valence-electron chi connectivity index (χ4n) is 1.38. The molecule has 4 heteroatoms. The van der Waals surface area contributed by atoms with Gasteiger partial charge in [-0.2, -0.15) is 0 Å². The molecular formula is C12H17Cl2NO. The van der Waals surface area contributed by atoms with Crippen LogP contribution in [0, 0.1) is 5.92 Å². The van der Waals surface area contributed by atoms with Gasteiger partial charge in [0.05, 0.1) is 22.7 Å². The van der Waals surface area contributed by atoms with E-state index in [9.17, 15) is 0 Å². The molecule has 1 N–H and O–H groups in total. The highest BCUT2D eigenvalue weighted by Gasteiger charge is 2.13. The van der Waals surface area contributed by atoms with E-state index < -0.39 is 0 Å². The number of anilines is 1. The van der Waals surface area contributed by atoms with E-state index in [0.29, 0.717) is 22.6 Å². The van der Waals surface area contributed by atoms with Crippen LogP contribution in [0.2, 0.25) is 10.0 Å². The molecule has 90 valence electrons. The van der Waals surface area contributed by atoms with E-state index in [1.807, 2.05) is 12.1 Å². The number of ether oxygens (including phenoxy) is 1. The Morgan fingerprint density at radius 1 is 1.25 bits per heavy atom. The van der Waals surface area contributed by atoms with Gasteiger partial charge in [-0.3, -0.25) is 0 Å². The highest BCUT2D eigenvalue weighted by atomic mass is 35.5. The zero-order chi connectivity index (χ0) is 12.1. The maximum absolute atomic E-state index is 5.95. The maximum atomic E-state index is 5.95. The van der Waals surface area contributed by atoms with Gasteiger partial charge in [0.1, 0.15) is 0 Å². The van der Waals surface area contributed by atoms with Crippen molar-refractivity contribution in [1.29, 1.82) is 0 Å². The first-order valence-corrected chi connectivity index (χ1v) is 6.00. The minimum Gasteiger partial charge on any atom is -0.383 e. The lowest BCUT2D eigenvalue weighted by atomic mass is 10.1. The van der Waals surface area contributed by atoms with Gasteiger partial charge in [-0.1, -0.05) is 37.0 Å². The third kappa shape index (κ3) is 3.85. The molecule has 0 aliphatic heterocycles.